The molecule has 1 aliphatic rings. The van der Waals surface area contributed by atoms with Crippen molar-refractivity contribution in [3.05, 3.63) is 0 Å². The van der Waals surface area contributed by atoms with Gasteiger partial charge in [-0.25, -0.2) is 0 Å². The minimum Gasteiger partial charge on any atom is -0.312 e. The molecule has 18 heavy (non-hydrogen) atoms. The Morgan fingerprint density at radius 3 is 2.11 bits per heavy atom. The molecule has 108 valence electrons. The first-order valence-electron chi connectivity index (χ1n) is 6.62. The van der Waals surface area contributed by atoms with Gasteiger partial charge in [0.25, 0.3) is 0 Å². The van der Waals surface area contributed by atoms with Crippen LogP contribution in [0.3, 0.4) is 0 Å². The highest BCUT2D eigenvalue weighted by molar-refractivity contribution is 7.55. The summed E-state index contributed by atoms with van der Waals surface area (Å²) in [6.45, 7) is 9.82. The van der Waals surface area contributed by atoms with Gasteiger partial charge in [-0.2, -0.15) is 5.06 Å². The van der Waals surface area contributed by atoms with Gasteiger partial charge in [-0.3, -0.25) is 4.57 Å². The highest BCUT2D eigenvalue weighted by atomic mass is 31.2. The van der Waals surface area contributed by atoms with Crippen LogP contribution in [0.2, 0.25) is 0 Å². The molecule has 0 saturated carbocycles. The Kier molecular flexibility index (Phi) is 5.01. The van der Waals surface area contributed by atoms with E-state index in [9.17, 15) is 9.77 Å². The summed E-state index contributed by atoms with van der Waals surface area (Å²) in [6.07, 6.45) is 2.35. The minimum atomic E-state index is -3.37. The molecular weight excluding hydrogens is 253 g/mol. The highest BCUT2D eigenvalue weighted by Crippen LogP contribution is 2.65. The van der Waals surface area contributed by atoms with E-state index in [1.165, 1.54) is 5.06 Å². The lowest BCUT2D eigenvalue weighted by molar-refractivity contribution is -0.226. The van der Waals surface area contributed by atoms with Crippen molar-refractivity contribution in [3.63, 3.8) is 0 Å². The maximum Gasteiger partial charge on any atom is 0.352 e. The van der Waals surface area contributed by atoms with Crippen molar-refractivity contribution in [3.8, 4) is 0 Å². The minimum absolute atomic E-state index is 0.307. The van der Waals surface area contributed by atoms with E-state index < -0.39 is 18.4 Å². The summed E-state index contributed by atoms with van der Waals surface area (Å²) in [4.78, 5) is 0. The van der Waals surface area contributed by atoms with Crippen LogP contribution >= 0.6 is 7.60 Å². The van der Waals surface area contributed by atoms with Gasteiger partial charge in [0.2, 0.25) is 0 Å². The van der Waals surface area contributed by atoms with E-state index in [1.54, 1.807) is 20.8 Å². The molecule has 6 heteroatoms. The second-order valence-electron chi connectivity index (χ2n) is 5.53. The van der Waals surface area contributed by atoms with E-state index in [4.69, 9.17) is 9.05 Å². The molecule has 0 bridgehead atoms. The van der Waals surface area contributed by atoms with Gasteiger partial charge < -0.3 is 14.3 Å². The molecule has 5 nitrogen and oxygen atoms in total. The summed E-state index contributed by atoms with van der Waals surface area (Å²) in [7, 11) is -3.37. The van der Waals surface area contributed by atoms with Crippen LogP contribution in [-0.2, 0) is 13.6 Å². The number of nitrogens with zero attached hydrogens (tertiary/aromatic N) is 1. The first-order chi connectivity index (χ1) is 8.23. The van der Waals surface area contributed by atoms with Crippen LogP contribution in [0.15, 0.2) is 0 Å². The summed E-state index contributed by atoms with van der Waals surface area (Å²) in [5.41, 5.74) is -0.420. The molecular formula is C12H26NO4P. The number of hydrogen-bond acceptors (Lipinski definition) is 5. The molecule has 0 aliphatic carbocycles. The fourth-order valence-corrected chi connectivity index (χ4v) is 4.87. The van der Waals surface area contributed by atoms with Gasteiger partial charge in [-0.05, 0) is 53.9 Å². The first-order valence-corrected chi connectivity index (χ1v) is 8.16. The predicted molar refractivity (Wildman–Crippen MR) is 70.8 cm³/mol. The summed E-state index contributed by atoms with van der Waals surface area (Å²) in [6, 6.07) is 0. The fourth-order valence-electron chi connectivity index (χ4n) is 2.63. The van der Waals surface area contributed by atoms with Crippen molar-refractivity contribution in [2.45, 2.75) is 64.7 Å². The number of hydroxylamine groups is 2. The zero-order valence-electron chi connectivity index (χ0n) is 12.1. The summed E-state index contributed by atoms with van der Waals surface area (Å²) >= 11 is 0. The van der Waals surface area contributed by atoms with E-state index in [0.29, 0.717) is 19.6 Å². The third kappa shape index (κ3) is 2.66. The standard InChI is InChI=1S/C12H26NO4P/c1-6-16-18(15,17-7-2)12(5)10-8-9-11(3,4)13(12)14/h14H,6-10H2,1-5H3. The van der Waals surface area contributed by atoms with Crippen molar-refractivity contribution < 1.29 is 18.8 Å². The normalized spacial score (nSPS) is 29.4. The Bertz CT molecular complexity index is 324. The molecule has 1 aliphatic heterocycles. The van der Waals surface area contributed by atoms with Crippen LogP contribution in [0.5, 0.6) is 0 Å². The topological polar surface area (TPSA) is 59.0 Å². The Morgan fingerprint density at radius 2 is 1.67 bits per heavy atom. The number of piperidine rings is 1. The van der Waals surface area contributed by atoms with Gasteiger partial charge in [0.05, 0.1) is 13.2 Å². The molecule has 1 unspecified atom stereocenters. The summed E-state index contributed by atoms with van der Waals surface area (Å²) in [5.74, 6) is 0. The van der Waals surface area contributed by atoms with Crippen molar-refractivity contribution in [2.75, 3.05) is 13.2 Å². The van der Waals surface area contributed by atoms with Gasteiger partial charge in [-0.1, -0.05) is 0 Å². The zero-order chi connectivity index (χ0) is 14.0. The van der Waals surface area contributed by atoms with Crippen LogP contribution in [0.1, 0.15) is 53.9 Å². The Labute approximate surface area is 110 Å². The molecule has 0 aromatic heterocycles. The molecule has 1 fully saturated rings. The van der Waals surface area contributed by atoms with Crippen molar-refractivity contribution in [1.82, 2.24) is 5.06 Å². The largest absolute Gasteiger partial charge is 0.352 e. The maximum absolute atomic E-state index is 12.9. The van der Waals surface area contributed by atoms with Crippen molar-refractivity contribution >= 4 is 7.60 Å². The highest BCUT2D eigenvalue weighted by Gasteiger charge is 2.57. The van der Waals surface area contributed by atoms with Crippen LogP contribution in [0, 0.1) is 0 Å². The average Bonchev–Trinajstić information content (AvgIpc) is 2.26. The predicted octanol–water partition coefficient (Wildman–Crippen LogP) is 3.62. The lowest BCUT2D eigenvalue weighted by atomic mass is 9.89. The van der Waals surface area contributed by atoms with E-state index in [0.717, 1.165) is 12.8 Å². The monoisotopic (exact) mass is 279 g/mol. The van der Waals surface area contributed by atoms with Crippen LogP contribution in [0.25, 0.3) is 0 Å². The lowest BCUT2D eigenvalue weighted by Gasteiger charge is -2.51. The second-order valence-corrected chi connectivity index (χ2v) is 8.00. The van der Waals surface area contributed by atoms with E-state index >= 15 is 0 Å². The number of hydrogen-bond donors (Lipinski definition) is 1. The SMILES string of the molecule is CCOP(=O)(OCC)C1(C)CCCC(C)(C)N1O. The molecule has 1 rings (SSSR count). The average molecular weight is 279 g/mol. The van der Waals surface area contributed by atoms with Crippen LogP contribution in [0.4, 0.5) is 0 Å². The van der Waals surface area contributed by atoms with Gasteiger partial charge in [0, 0.05) is 5.54 Å². The molecule has 1 N–H and O–H groups in total. The van der Waals surface area contributed by atoms with E-state index in [-0.39, 0.29) is 0 Å². The Hall–Kier alpha value is 0.0700. The second kappa shape index (κ2) is 5.59. The van der Waals surface area contributed by atoms with E-state index in [2.05, 4.69) is 0 Å². The Morgan fingerprint density at radius 1 is 1.17 bits per heavy atom. The molecule has 0 aromatic rings. The van der Waals surface area contributed by atoms with Gasteiger partial charge in [0.15, 0.2) is 0 Å². The molecule has 0 aromatic carbocycles. The van der Waals surface area contributed by atoms with E-state index in [1.807, 2.05) is 13.8 Å². The molecule has 0 spiro atoms. The first kappa shape index (κ1) is 16.1. The third-order valence-corrected chi connectivity index (χ3v) is 6.45. The molecule has 1 atom stereocenters. The number of rotatable bonds is 5. The van der Waals surface area contributed by atoms with Crippen LogP contribution in [-0.4, -0.2) is 34.3 Å². The summed E-state index contributed by atoms with van der Waals surface area (Å²) < 4.78 is 23.8. The Balaban J connectivity index is 3.11. The smallest absolute Gasteiger partial charge is 0.312 e. The van der Waals surface area contributed by atoms with Gasteiger partial charge >= 0.3 is 7.60 Å². The zero-order valence-corrected chi connectivity index (χ0v) is 13.0. The van der Waals surface area contributed by atoms with Gasteiger partial charge in [-0.15, -0.1) is 0 Å². The quantitative estimate of drug-likeness (QED) is 0.779. The molecule has 1 saturated heterocycles. The van der Waals surface area contributed by atoms with Gasteiger partial charge in [0.1, 0.15) is 5.28 Å². The molecule has 1 heterocycles. The van der Waals surface area contributed by atoms with Crippen molar-refractivity contribution in [2.24, 2.45) is 0 Å². The summed E-state index contributed by atoms with van der Waals surface area (Å²) in [5, 5.41) is 10.7. The molecule has 0 amide bonds. The van der Waals surface area contributed by atoms with Crippen LogP contribution < -0.4 is 0 Å². The third-order valence-electron chi connectivity index (χ3n) is 3.66. The molecule has 0 radical (unpaired) electrons. The van der Waals surface area contributed by atoms with Crippen molar-refractivity contribution in [1.29, 1.82) is 0 Å². The maximum atomic E-state index is 12.9. The lowest BCUT2D eigenvalue weighted by Crippen LogP contribution is -2.58. The fraction of sp³-hybridized carbons (Fsp3) is 1.00.